The molecular weight excluding hydrogens is 411 g/mol. The molecule has 7 nitrogen and oxygen atoms in total. The summed E-state index contributed by atoms with van der Waals surface area (Å²) in [5, 5.41) is 11.1. The molecule has 0 saturated heterocycles. The third-order valence-electron chi connectivity index (χ3n) is 3.39. The van der Waals surface area contributed by atoms with Gasteiger partial charge in [0.15, 0.2) is 4.34 Å². The lowest BCUT2D eigenvalue weighted by molar-refractivity contribution is -0.117. The molecule has 2 rings (SSSR count). The highest BCUT2D eigenvalue weighted by Crippen LogP contribution is 2.30. The molecule has 0 aliphatic carbocycles. The van der Waals surface area contributed by atoms with Crippen LogP contribution in [0.3, 0.4) is 0 Å². The summed E-state index contributed by atoms with van der Waals surface area (Å²) in [5.41, 5.74) is -0.171. The predicted octanol–water partition coefficient (Wildman–Crippen LogP) is 3.36. The van der Waals surface area contributed by atoms with Gasteiger partial charge < -0.3 is 0 Å². The van der Waals surface area contributed by atoms with Crippen LogP contribution >= 0.6 is 23.1 Å². The van der Waals surface area contributed by atoms with Crippen molar-refractivity contribution in [3.63, 3.8) is 0 Å². The van der Waals surface area contributed by atoms with Crippen molar-refractivity contribution in [1.82, 2.24) is 10.2 Å². The van der Waals surface area contributed by atoms with E-state index in [1.54, 1.807) is 6.92 Å². The average Bonchev–Trinajstić information content (AvgIpc) is 2.98. The van der Waals surface area contributed by atoms with Gasteiger partial charge in [0.1, 0.15) is 11.9 Å². The van der Waals surface area contributed by atoms with Crippen LogP contribution in [0.25, 0.3) is 0 Å². The van der Waals surface area contributed by atoms with E-state index in [0.29, 0.717) is 9.59 Å². The molecule has 2 aromatic rings. The number of nitrogens with zero attached hydrogens (tertiary/aromatic N) is 3. The van der Waals surface area contributed by atoms with Crippen molar-refractivity contribution < 1.29 is 17.6 Å². The SMILES string of the molecule is CC[C@@H](C(=O)Nc1nnc(SC(C)C)s1)N(c1ccccc1F)S(C)(=O)=O. The Morgan fingerprint density at radius 3 is 2.56 bits per heavy atom. The Balaban J connectivity index is 2.30. The monoisotopic (exact) mass is 432 g/mol. The molecule has 0 spiro atoms. The highest BCUT2D eigenvalue weighted by Gasteiger charge is 2.33. The second-order valence-electron chi connectivity index (χ2n) is 5.96. The summed E-state index contributed by atoms with van der Waals surface area (Å²) in [4.78, 5) is 12.7. The fourth-order valence-corrected chi connectivity index (χ4v) is 5.55. The van der Waals surface area contributed by atoms with Crippen LogP contribution in [-0.2, 0) is 14.8 Å². The number of thioether (sulfide) groups is 1. The van der Waals surface area contributed by atoms with Gasteiger partial charge in [0, 0.05) is 5.25 Å². The van der Waals surface area contributed by atoms with Gasteiger partial charge in [-0.25, -0.2) is 12.8 Å². The Labute approximate surface area is 166 Å². The zero-order valence-corrected chi connectivity index (χ0v) is 17.8. The van der Waals surface area contributed by atoms with E-state index < -0.39 is 27.8 Å². The molecule has 0 radical (unpaired) electrons. The number of hydrogen-bond donors (Lipinski definition) is 1. The van der Waals surface area contributed by atoms with Crippen molar-refractivity contribution in [3.8, 4) is 0 Å². The first-order valence-corrected chi connectivity index (χ1v) is 11.7. The number of hydrogen-bond acceptors (Lipinski definition) is 7. The highest BCUT2D eigenvalue weighted by molar-refractivity contribution is 8.01. The van der Waals surface area contributed by atoms with E-state index in [9.17, 15) is 17.6 Å². The van der Waals surface area contributed by atoms with Gasteiger partial charge in [-0.1, -0.05) is 56.0 Å². The summed E-state index contributed by atoms with van der Waals surface area (Å²) in [6, 6.07) is 4.33. The molecule has 1 atom stereocenters. The van der Waals surface area contributed by atoms with E-state index in [1.165, 1.54) is 41.3 Å². The first-order valence-electron chi connectivity index (χ1n) is 8.18. The molecule has 1 aromatic heterocycles. The number of rotatable bonds is 8. The van der Waals surface area contributed by atoms with E-state index >= 15 is 0 Å². The average molecular weight is 433 g/mol. The van der Waals surface area contributed by atoms with Gasteiger partial charge in [-0.05, 0) is 18.6 Å². The second kappa shape index (κ2) is 8.98. The molecule has 1 heterocycles. The molecule has 0 unspecified atom stereocenters. The maximum absolute atomic E-state index is 14.2. The van der Waals surface area contributed by atoms with E-state index in [4.69, 9.17) is 0 Å². The third-order valence-corrected chi connectivity index (χ3v) is 6.49. The number of aromatic nitrogens is 2. The van der Waals surface area contributed by atoms with Crippen molar-refractivity contribution >= 4 is 49.8 Å². The van der Waals surface area contributed by atoms with Gasteiger partial charge in [0.25, 0.3) is 0 Å². The molecule has 148 valence electrons. The van der Waals surface area contributed by atoms with Gasteiger partial charge in [-0.15, -0.1) is 10.2 Å². The molecule has 27 heavy (non-hydrogen) atoms. The van der Waals surface area contributed by atoms with E-state index in [1.807, 2.05) is 13.8 Å². The molecule has 1 amide bonds. The number of para-hydroxylation sites is 1. The first-order chi connectivity index (χ1) is 12.6. The van der Waals surface area contributed by atoms with Crippen molar-refractivity contribution in [2.75, 3.05) is 15.9 Å². The van der Waals surface area contributed by atoms with Gasteiger partial charge >= 0.3 is 0 Å². The van der Waals surface area contributed by atoms with Crippen molar-refractivity contribution in [2.45, 2.75) is 42.8 Å². The first kappa shape index (κ1) is 21.6. The minimum absolute atomic E-state index is 0.152. The number of anilines is 2. The number of carbonyl (C=O) groups excluding carboxylic acids is 1. The van der Waals surface area contributed by atoms with Crippen LogP contribution in [-0.4, -0.2) is 42.1 Å². The number of halogens is 1. The Morgan fingerprint density at radius 2 is 2.00 bits per heavy atom. The summed E-state index contributed by atoms with van der Waals surface area (Å²) < 4.78 is 40.4. The minimum Gasteiger partial charge on any atom is -0.299 e. The lowest BCUT2D eigenvalue weighted by Gasteiger charge is -2.29. The Bertz CT molecular complexity index is 902. The normalized spacial score (nSPS) is 12.8. The van der Waals surface area contributed by atoms with E-state index in [-0.39, 0.29) is 17.2 Å². The van der Waals surface area contributed by atoms with E-state index in [2.05, 4.69) is 15.5 Å². The summed E-state index contributed by atoms with van der Waals surface area (Å²) in [6.07, 6.45) is 1.09. The molecule has 11 heteroatoms. The van der Waals surface area contributed by atoms with Gasteiger partial charge in [-0.2, -0.15) is 0 Å². The predicted molar refractivity (Wildman–Crippen MR) is 107 cm³/mol. The van der Waals surface area contributed by atoms with Gasteiger partial charge in [0.05, 0.1) is 11.9 Å². The molecule has 0 aliphatic heterocycles. The smallest absolute Gasteiger partial charge is 0.250 e. The van der Waals surface area contributed by atoms with Crippen molar-refractivity contribution in [2.24, 2.45) is 0 Å². The molecule has 0 bridgehead atoms. The number of carbonyl (C=O) groups is 1. The van der Waals surface area contributed by atoms with Crippen LogP contribution in [0.15, 0.2) is 28.6 Å². The van der Waals surface area contributed by atoms with Crippen molar-refractivity contribution in [1.29, 1.82) is 0 Å². The molecule has 0 fully saturated rings. The molecular formula is C16H21FN4O3S3. The van der Waals surface area contributed by atoms with Crippen LogP contribution in [0, 0.1) is 5.82 Å². The summed E-state index contributed by atoms with van der Waals surface area (Å²) in [5.74, 6) is -1.32. The molecule has 1 N–H and O–H groups in total. The fraction of sp³-hybridized carbons (Fsp3) is 0.438. The standard InChI is InChI=1S/C16H21FN4O3S3/c1-5-12(14(22)18-15-19-20-16(26-15)25-10(2)3)21(27(4,23)24)13-9-7-6-8-11(13)17/h6-10,12H,5H2,1-4H3,(H,18,19,22)/t12-/m0/s1. The minimum atomic E-state index is -3.90. The number of amides is 1. The van der Waals surface area contributed by atoms with Gasteiger partial charge in [0.2, 0.25) is 21.1 Å². The number of nitrogens with one attached hydrogen (secondary N) is 1. The largest absolute Gasteiger partial charge is 0.299 e. The molecule has 0 aliphatic rings. The van der Waals surface area contributed by atoms with Crippen LogP contribution in [0.4, 0.5) is 15.2 Å². The molecule has 0 saturated carbocycles. The van der Waals surface area contributed by atoms with Gasteiger partial charge in [-0.3, -0.25) is 14.4 Å². The van der Waals surface area contributed by atoms with Crippen LogP contribution in [0.1, 0.15) is 27.2 Å². The van der Waals surface area contributed by atoms with Crippen molar-refractivity contribution in [3.05, 3.63) is 30.1 Å². The quantitative estimate of drug-likeness (QED) is 0.508. The van der Waals surface area contributed by atoms with Crippen LogP contribution in [0.5, 0.6) is 0 Å². The lowest BCUT2D eigenvalue weighted by Crippen LogP contribution is -2.47. The summed E-state index contributed by atoms with van der Waals surface area (Å²) in [6.45, 7) is 5.68. The number of sulfonamides is 1. The zero-order valence-electron chi connectivity index (χ0n) is 15.3. The fourth-order valence-electron chi connectivity index (χ4n) is 2.36. The second-order valence-corrected chi connectivity index (χ2v) is 10.6. The summed E-state index contributed by atoms with van der Waals surface area (Å²) >= 11 is 2.71. The highest BCUT2D eigenvalue weighted by atomic mass is 32.2. The Hall–Kier alpha value is -1.72. The maximum atomic E-state index is 14.2. The summed E-state index contributed by atoms with van der Waals surface area (Å²) in [7, 11) is -3.90. The zero-order chi connectivity index (χ0) is 20.2. The maximum Gasteiger partial charge on any atom is 0.250 e. The van der Waals surface area contributed by atoms with E-state index in [0.717, 1.165) is 16.6 Å². The Kier molecular flexibility index (Phi) is 7.18. The number of benzene rings is 1. The Morgan fingerprint density at radius 1 is 1.33 bits per heavy atom. The lowest BCUT2D eigenvalue weighted by atomic mass is 10.2. The molecule has 1 aromatic carbocycles. The van der Waals surface area contributed by atoms with Crippen LogP contribution < -0.4 is 9.62 Å². The topological polar surface area (TPSA) is 92.3 Å². The third kappa shape index (κ3) is 5.63. The van der Waals surface area contributed by atoms with Crippen LogP contribution in [0.2, 0.25) is 0 Å².